The van der Waals surface area contributed by atoms with Crippen LogP contribution in [0.15, 0.2) is 16.7 Å². The van der Waals surface area contributed by atoms with Crippen molar-refractivity contribution >= 4 is 5.97 Å². The molecule has 5 heteroatoms. The fraction of sp³-hybridized carbons (Fsp3) is 0.615. The Morgan fingerprint density at radius 1 is 1.33 bits per heavy atom. The summed E-state index contributed by atoms with van der Waals surface area (Å²) in [6, 6.07) is 0. The van der Waals surface area contributed by atoms with E-state index in [9.17, 15) is 9.90 Å². The van der Waals surface area contributed by atoms with E-state index < -0.39 is 11.9 Å². The van der Waals surface area contributed by atoms with Gasteiger partial charge in [-0.15, -0.1) is 0 Å². The molecular weight excluding hydrogens is 232 g/mol. The highest BCUT2D eigenvalue weighted by Crippen LogP contribution is 2.38. The first-order chi connectivity index (χ1) is 8.75. The number of rotatable bonds is 3. The minimum absolute atomic E-state index is 0.172. The van der Waals surface area contributed by atoms with Gasteiger partial charge in [0, 0.05) is 5.92 Å². The van der Waals surface area contributed by atoms with E-state index in [0.29, 0.717) is 24.7 Å². The van der Waals surface area contributed by atoms with Gasteiger partial charge in [-0.05, 0) is 25.7 Å². The Labute approximate surface area is 105 Å². The second kappa shape index (κ2) is 4.55. The van der Waals surface area contributed by atoms with Crippen molar-refractivity contribution in [1.29, 1.82) is 0 Å². The lowest BCUT2D eigenvalue weighted by Gasteiger charge is -2.22. The topological polar surface area (TPSA) is 76.2 Å². The minimum Gasteiger partial charge on any atom is -0.481 e. The lowest BCUT2D eigenvalue weighted by atomic mass is 9.82. The van der Waals surface area contributed by atoms with Crippen LogP contribution in [0.4, 0.5) is 0 Å². The van der Waals surface area contributed by atoms with E-state index in [4.69, 9.17) is 4.52 Å². The van der Waals surface area contributed by atoms with Crippen LogP contribution in [-0.4, -0.2) is 21.2 Å². The van der Waals surface area contributed by atoms with Crippen molar-refractivity contribution in [2.24, 2.45) is 5.92 Å². The molecule has 0 saturated heterocycles. The van der Waals surface area contributed by atoms with E-state index in [1.165, 1.54) is 6.42 Å². The predicted octanol–water partition coefficient (Wildman–Crippen LogP) is 2.47. The molecule has 0 aromatic carbocycles. The number of carboxylic acid groups (broad SMARTS) is 1. The van der Waals surface area contributed by atoms with Gasteiger partial charge in [0.1, 0.15) is 0 Å². The Kier molecular flexibility index (Phi) is 2.89. The summed E-state index contributed by atoms with van der Waals surface area (Å²) in [4.78, 5) is 15.6. The molecule has 1 aromatic rings. The molecule has 2 aliphatic carbocycles. The number of carbonyl (C=O) groups is 1. The Morgan fingerprint density at radius 2 is 2.11 bits per heavy atom. The van der Waals surface area contributed by atoms with Gasteiger partial charge in [-0.3, -0.25) is 4.79 Å². The van der Waals surface area contributed by atoms with Crippen LogP contribution >= 0.6 is 0 Å². The zero-order valence-electron chi connectivity index (χ0n) is 10.1. The van der Waals surface area contributed by atoms with Crippen molar-refractivity contribution in [1.82, 2.24) is 10.1 Å². The van der Waals surface area contributed by atoms with Gasteiger partial charge in [-0.1, -0.05) is 23.7 Å². The molecule has 2 atom stereocenters. The number of hydrogen-bond donors (Lipinski definition) is 1. The normalized spacial score (nSPS) is 28.0. The first kappa shape index (κ1) is 11.4. The maximum atomic E-state index is 11.2. The summed E-state index contributed by atoms with van der Waals surface area (Å²) in [5, 5.41) is 13.2. The van der Waals surface area contributed by atoms with E-state index >= 15 is 0 Å². The van der Waals surface area contributed by atoms with Gasteiger partial charge >= 0.3 is 5.97 Å². The number of aliphatic carboxylic acids is 1. The molecule has 0 bridgehead atoms. The van der Waals surface area contributed by atoms with Crippen LogP contribution in [0.1, 0.15) is 55.7 Å². The highest BCUT2D eigenvalue weighted by atomic mass is 16.5. The van der Waals surface area contributed by atoms with Crippen LogP contribution in [0, 0.1) is 5.92 Å². The number of aromatic nitrogens is 2. The molecule has 96 valence electrons. The summed E-state index contributed by atoms with van der Waals surface area (Å²) in [5.74, 6) is 0.278. The van der Waals surface area contributed by atoms with Crippen molar-refractivity contribution in [3.8, 4) is 0 Å². The molecule has 1 heterocycles. The molecule has 1 saturated carbocycles. The van der Waals surface area contributed by atoms with Gasteiger partial charge in [0.05, 0.1) is 11.8 Å². The van der Waals surface area contributed by atoms with E-state index in [1.54, 1.807) is 0 Å². The fourth-order valence-electron chi connectivity index (χ4n) is 2.59. The SMILES string of the molecule is O=C(O)C1CC=CCC1c1nc(C2CCC2)no1. The van der Waals surface area contributed by atoms with Crippen molar-refractivity contribution in [2.75, 3.05) is 0 Å². The first-order valence-electron chi connectivity index (χ1n) is 6.47. The average Bonchev–Trinajstić information content (AvgIpc) is 2.76. The standard InChI is InChI=1S/C13H16N2O3/c16-13(17)10-7-2-1-6-9(10)12-14-11(15-18-12)8-4-3-5-8/h1-2,8-10H,3-7H2,(H,16,17). The quantitative estimate of drug-likeness (QED) is 0.831. The maximum Gasteiger partial charge on any atom is 0.307 e. The number of carboxylic acids is 1. The van der Waals surface area contributed by atoms with E-state index in [0.717, 1.165) is 18.7 Å². The molecule has 2 unspecified atom stereocenters. The van der Waals surface area contributed by atoms with Crippen LogP contribution in [0.25, 0.3) is 0 Å². The molecule has 0 aliphatic heterocycles. The second-order valence-electron chi connectivity index (χ2n) is 5.11. The lowest BCUT2D eigenvalue weighted by molar-refractivity contribution is -0.142. The zero-order valence-corrected chi connectivity index (χ0v) is 10.1. The van der Waals surface area contributed by atoms with Gasteiger partial charge in [0.25, 0.3) is 0 Å². The Hall–Kier alpha value is -1.65. The molecule has 0 amide bonds. The number of nitrogens with zero attached hydrogens (tertiary/aromatic N) is 2. The van der Waals surface area contributed by atoms with Gasteiger partial charge in [0.15, 0.2) is 5.82 Å². The first-order valence-corrected chi connectivity index (χ1v) is 6.47. The highest BCUT2D eigenvalue weighted by Gasteiger charge is 2.35. The van der Waals surface area contributed by atoms with Crippen molar-refractivity contribution in [3.05, 3.63) is 23.9 Å². The highest BCUT2D eigenvalue weighted by molar-refractivity contribution is 5.71. The molecular formula is C13H16N2O3. The van der Waals surface area contributed by atoms with Gasteiger partial charge in [-0.2, -0.15) is 4.98 Å². The Balaban J connectivity index is 1.81. The largest absolute Gasteiger partial charge is 0.481 e. The van der Waals surface area contributed by atoms with Crippen LogP contribution in [-0.2, 0) is 4.79 Å². The Bertz CT molecular complexity index is 476. The second-order valence-corrected chi connectivity index (χ2v) is 5.11. The summed E-state index contributed by atoms with van der Waals surface area (Å²) in [6.07, 6.45) is 8.58. The molecule has 1 fully saturated rings. The van der Waals surface area contributed by atoms with Crippen molar-refractivity contribution in [3.63, 3.8) is 0 Å². The zero-order chi connectivity index (χ0) is 12.5. The van der Waals surface area contributed by atoms with Crippen molar-refractivity contribution in [2.45, 2.75) is 43.9 Å². The van der Waals surface area contributed by atoms with Crippen LogP contribution in [0.3, 0.4) is 0 Å². The Morgan fingerprint density at radius 3 is 2.78 bits per heavy atom. The third-order valence-electron chi connectivity index (χ3n) is 3.99. The van der Waals surface area contributed by atoms with E-state index in [2.05, 4.69) is 10.1 Å². The van der Waals surface area contributed by atoms with Crippen molar-refractivity contribution < 1.29 is 14.4 Å². The van der Waals surface area contributed by atoms with Crippen LogP contribution < -0.4 is 0 Å². The predicted molar refractivity (Wildman–Crippen MR) is 63.1 cm³/mol. The van der Waals surface area contributed by atoms with Gasteiger partial charge < -0.3 is 9.63 Å². The number of hydrogen-bond acceptors (Lipinski definition) is 4. The maximum absolute atomic E-state index is 11.2. The van der Waals surface area contributed by atoms with Crippen LogP contribution in [0.5, 0.6) is 0 Å². The summed E-state index contributed by atoms with van der Waals surface area (Å²) >= 11 is 0. The molecule has 2 aliphatic rings. The lowest BCUT2D eigenvalue weighted by Crippen LogP contribution is -2.23. The van der Waals surface area contributed by atoms with Crippen LogP contribution in [0.2, 0.25) is 0 Å². The summed E-state index contributed by atoms with van der Waals surface area (Å²) in [5.41, 5.74) is 0. The third kappa shape index (κ3) is 1.94. The smallest absolute Gasteiger partial charge is 0.307 e. The van der Waals surface area contributed by atoms with E-state index in [1.807, 2.05) is 12.2 Å². The molecule has 0 radical (unpaired) electrons. The fourth-order valence-corrected chi connectivity index (χ4v) is 2.59. The number of allylic oxidation sites excluding steroid dienone is 2. The van der Waals surface area contributed by atoms with E-state index in [-0.39, 0.29) is 5.92 Å². The third-order valence-corrected chi connectivity index (χ3v) is 3.99. The monoisotopic (exact) mass is 248 g/mol. The molecule has 0 spiro atoms. The molecule has 3 rings (SSSR count). The summed E-state index contributed by atoms with van der Waals surface area (Å²) in [6.45, 7) is 0. The minimum atomic E-state index is -0.784. The summed E-state index contributed by atoms with van der Waals surface area (Å²) < 4.78 is 5.28. The molecule has 5 nitrogen and oxygen atoms in total. The summed E-state index contributed by atoms with van der Waals surface area (Å²) in [7, 11) is 0. The van der Waals surface area contributed by atoms with Gasteiger partial charge in [0.2, 0.25) is 5.89 Å². The average molecular weight is 248 g/mol. The van der Waals surface area contributed by atoms with Gasteiger partial charge in [-0.25, -0.2) is 0 Å². The molecule has 18 heavy (non-hydrogen) atoms. The molecule has 1 aromatic heterocycles. The molecule has 1 N–H and O–H groups in total.